The highest BCUT2D eigenvalue weighted by Gasteiger charge is 2.13. The van der Waals surface area contributed by atoms with E-state index in [1.807, 2.05) is 0 Å². The number of aromatic nitrogens is 1. The smallest absolute Gasteiger partial charge is 0.354 e. The summed E-state index contributed by atoms with van der Waals surface area (Å²) in [5.41, 5.74) is 1.22. The van der Waals surface area contributed by atoms with E-state index in [1.54, 1.807) is 23.7 Å². The standard InChI is InChI=1S/C11H10FNO2/c1-13-9-4-3-8(12)5-7(9)6-10(13)11(14)15-2/h3-6H,1-2H3. The van der Waals surface area contributed by atoms with Crippen LogP contribution in [0.3, 0.4) is 0 Å². The lowest BCUT2D eigenvalue weighted by molar-refractivity contribution is 0.0590. The number of halogens is 1. The third-order valence-corrected chi connectivity index (χ3v) is 2.40. The van der Waals surface area contributed by atoms with Crippen molar-refractivity contribution in [2.45, 2.75) is 0 Å². The third kappa shape index (κ3) is 1.48. The summed E-state index contributed by atoms with van der Waals surface area (Å²) in [5.74, 6) is -0.737. The van der Waals surface area contributed by atoms with Gasteiger partial charge in [0.25, 0.3) is 0 Å². The zero-order valence-corrected chi connectivity index (χ0v) is 8.45. The van der Waals surface area contributed by atoms with Crippen molar-refractivity contribution in [3.05, 3.63) is 35.8 Å². The molecule has 0 bridgehead atoms. The molecule has 1 aromatic heterocycles. The van der Waals surface area contributed by atoms with E-state index in [0.717, 1.165) is 5.52 Å². The third-order valence-electron chi connectivity index (χ3n) is 2.40. The maximum Gasteiger partial charge on any atom is 0.354 e. The van der Waals surface area contributed by atoms with Crippen molar-refractivity contribution < 1.29 is 13.9 Å². The fourth-order valence-corrected chi connectivity index (χ4v) is 1.62. The quantitative estimate of drug-likeness (QED) is 0.670. The van der Waals surface area contributed by atoms with Crippen LogP contribution in [0.2, 0.25) is 0 Å². The molecule has 78 valence electrons. The molecular formula is C11H10FNO2. The number of carbonyl (C=O) groups excluding carboxylic acids is 1. The number of rotatable bonds is 1. The summed E-state index contributed by atoms with van der Waals surface area (Å²) in [4.78, 5) is 11.4. The number of aryl methyl sites for hydroxylation is 1. The fourth-order valence-electron chi connectivity index (χ4n) is 1.62. The molecule has 0 atom stereocenters. The van der Waals surface area contributed by atoms with Crippen molar-refractivity contribution in [3.63, 3.8) is 0 Å². The van der Waals surface area contributed by atoms with Gasteiger partial charge in [-0.1, -0.05) is 0 Å². The minimum Gasteiger partial charge on any atom is -0.464 e. The normalized spacial score (nSPS) is 10.6. The number of nitrogens with zero attached hydrogens (tertiary/aromatic N) is 1. The van der Waals surface area contributed by atoms with Gasteiger partial charge in [-0.2, -0.15) is 0 Å². The molecule has 0 aliphatic rings. The van der Waals surface area contributed by atoms with E-state index >= 15 is 0 Å². The van der Waals surface area contributed by atoms with E-state index in [9.17, 15) is 9.18 Å². The summed E-state index contributed by atoms with van der Waals surface area (Å²) in [6.07, 6.45) is 0. The Labute approximate surface area is 86.1 Å². The van der Waals surface area contributed by atoms with Crippen molar-refractivity contribution in [2.75, 3.05) is 7.11 Å². The minimum absolute atomic E-state index is 0.315. The van der Waals surface area contributed by atoms with Gasteiger partial charge in [-0.05, 0) is 24.3 Å². The summed E-state index contributed by atoms with van der Waals surface area (Å²) in [6, 6.07) is 6.01. The molecule has 1 heterocycles. The van der Waals surface area contributed by atoms with Crippen molar-refractivity contribution >= 4 is 16.9 Å². The molecule has 0 N–H and O–H groups in total. The Morgan fingerprint density at radius 3 is 2.80 bits per heavy atom. The van der Waals surface area contributed by atoms with Crippen LogP contribution < -0.4 is 0 Å². The van der Waals surface area contributed by atoms with Crippen LogP contribution in [-0.2, 0) is 11.8 Å². The van der Waals surface area contributed by atoms with E-state index in [0.29, 0.717) is 11.1 Å². The monoisotopic (exact) mass is 207 g/mol. The molecule has 0 aliphatic carbocycles. The lowest BCUT2D eigenvalue weighted by Gasteiger charge is -2.01. The number of esters is 1. The topological polar surface area (TPSA) is 31.2 Å². The maximum atomic E-state index is 12.9. The molecule has 0 amide bonds. The van der Waals surface area contributed by atoms with Crippen LogP contribution in [0.1, 0.15) is 10.5 Å². The first-order valence-corrected chi connectivity index (χ1v) is 4.47. The molecule has 0 radical (unpaired) electrons. The molecular weight excluding hydrogens is 197 g/mol. The zero-order chi connectivity index (χ0) is 11.0. The zero-order valence-electron chi connectivity index (χ0n) is 8.45. The summed E-state index contributed by atoms with van der Waals surface area (Å²) < 4.78 is 19.2. The second-order valence-corrected chi connectivity index (χ2v) is 3.28. The first-order valence-electron chi connectivity index (χ1n) is 4.47. The van der Waals surface area contributed by atoms with Gasteiger partial charge in [-0.3, -0.25) is 0 Å². The molecule has 2 aromatic rings. The van der Waals surface area contributed by atoms with Gasteiger partial charge in [-0.25, -0.2) is 9.18 Å². The van der Waals surface area contributed by atoms with E-state index in [2.05, 4.69) is 4.74 Å². The number of carbonyl (C=O) groups is 1. The summed E-state index contributed by atoms with van der Waals surface area (Å²) in [7, 11) is 3.06. The highest BCUT2D eigenvalue weighted by molar-refractivity contribution is 5.95. The second-order valence-electron chi connectivity index (χ2n) is 3.28. The molecule has 3 nitrogen and oxygen atoms in total. The molecule has 0 saturated heterocycles. The van der Waals surface area contributed by atoms with Crippen LogP contribution >= 0.6 is 0 Å². The van der Waals surface area contributed by atoms with Gasteiger partial charge in [0.2, 0.25) is 0 Å². The molecule has 15 heavy (non-hydrogen) atoms. The van der Waals surface area contributed by atoms with Crippen LogP contribution in [0, 0.1) is 5.82 Å². The van der Waals surface area contributed by atoms with Crippen molar-refractivity contribution in [3.8, 4) is 0 Å². The molecule has 0 spiro atoms. The molecule has 0 unspecified atom stereocenters. The average molecular weight is 207 g/mol. The number of methoxy groups -OCH3 is 1. The van der Waals surface area contributed by atoms with Crippen LogP contribution in [-0.4, -0.2) is 17.6 Å². The molecule has 4 heteroatoms. The second kappa shape index (κ2) is 3.38. The lowest BCUT2D eigenvalue weighted by Crippen LogP contribution is -2.06. The number of fused-ring (bicyclic) bond motifs is 1. The van der Waals surface area contributed by atoms with E-state index in [-0.39, 0.29) is 5.82 Å². The van der Waals surface area contributed by atoms with Crippen molar-refractivity contribution in [1.82, 2.24) is 4.57 Å². The van der Waals surface area contributed by atoms with Gasteiger partial charge in [-0.15, -0.1) is 0 Å². The Morgan fingerprint density at radius 1 is 1.40 bits per heavy atom. The Hall–Kier alpha value is -1.84. The van der Waals surface area contributed by atoms with Crippen LogP contribution in [0.25, 0.3) is 10.9 Å². The maximum absolute atomic E-state index is 12.9. The Morgan fingerprint density at radius 2 is 2.13 bits per heavy atom. The van der Waals surface area contributed by atoms with Gasteiger partial charge in [0, 0.05) is 18.0 Å². The van der Waals surface area contributed by atoms with Gasteiger partial charge >= 0.3 is 5.97 Å². The fraction of sp³-hybridized carbons (Fsp3) is 0.182. The molecule has 1 aromatic carbocycles. The van der Waals surface area contributed by atoms with Gasteiger partial charge in [0.05, 0.1) is 7.11 Å². The molecule has 0 fully saturated rings. The highest BCUT2D eigenvalue weighted by Crippen LogP contribution is 2.20. The Kier molecular flexibility index (Phi) is 2.19. The van der Waals surface area contributed by atoms with Crippen LogP contribution in [0.5, 0.6) is 0 Å². The first-order chi connectivity index (χ1) is 7.13. The minimum atomic E-state index is -0.422. The van der Waals surface area contributed by atoms with E-state index in [1.165, 1.54) is 19.2 Å². The van der Waals surface area contributed by atoms with E-state index in [4.69, 9.17) is 0 Å². The lowest BCUT2D eigenvalue weighted by atomic mass is 10.2. The Bertz CT molecular complexity index is 531. The van der Waals surface area contributed by atoms with Gasteiger partial charge in [0.15, 0.2) is 0 Å². The Balaban J connectivity index is 2.69. The molecule has 0 aliphatic heterocycles. The summed E-state index contributed by atoms with van der Waals surface area (Å²) in [5, 5.41) is 0.693. The van der Waals surface area contributed by atoms with E-state index < -0.39 is 5.97 Å². The summed E-state index contributed by atoms with van der Waals surface area (Å²) >= 11 is 0. The first kappa shape index (κ1) is 9.71. The highest BCUT2D eigenvalue weighted by atomic mass is 19.1. The molecule has 0 saturated carbocycles. The van der Waals surface area contributed by atoms with Crippen molar-refractivity contribution in [2.24, 2.45) is 7.05 Å². The number of hydrogen-bond donors (Lipinski definition) is 0. The SMILES string of the molecule is COC(=O)c1cc2cc(F)ccc2n1C. The number of ether oxygens (including phenoxy) is 1. The predicted molar refractivity (Wildman–Crippen MR) is 54.2 cm³/mol. The van der Waals surface area contributed by atoms with Crippen LogP contribution in [0.4, 0.5) is 4.39 Å². The van der Waals surface area contributed by atoms with Gasteiger partial charge in [0.1, 0.15) is 11.5 Å². The summed E-state index contributed by atoms with van der Waals surface area (Å²) in [6.45, 7) is 0. The van der Waals surface area contributed by atoms with Gasteiger partial charge < -0.3 is 9.30 Å². The number of benzene rings is 1. The van der Waals surface area contributed by atoms with Crippen molar-refractivity contribution in [1.29, 1.82) is 0 Å². The van der Waals surface area contributed by atoms with Crippen LogP contribution in [0.15, 0.2) is 24.3 Å². The average Bonchev–Trinajstić information content (AvgIpc) is 2.54. The predicted octanol–water partition coefficient (Wildman–Crippen LogP) is 2.10. The largest absolute Gasteiger partial charge is 0.464 e. The molecule has 2 rings (SSSR count). The number of hydrogen-bond acceptors (Lipinski definition) is 2.